The molecular formula is C21H40O7. The van der Waals surface area contributed by atoms with Gasteiger partial charge in [-0.2, -0.15) is 0 Å². The summed E-state index contributed by atoms with van der Waals surface area (Å²) in [5, 5.41) is 0. The quantitative estimate of drug-likeness (QED) is 0.156. The van der Waals surface area contributed by atoms with Gasteiger partial charge in [0.25, 0.3) is 0 Å². The van der Waals surface area contributed by atoms with Crippen LogP contribution in [-0.2, 0) is 33.2 Å². The maximum absolute atomic E-state index is 11.9. The van der Waals surface area contributed by atoms with E-state index in [9.17, 15) is 4.79 Å². The van der Waals surface area contributed by atoms with E-state index in [1.807, 2.05) is 6.92 Å². The van der Waals surface area contributed by atoms with Crippen LogP contribution in [0.5, 0.6) is 0 Å². The summed E-state index contributed by atoms with van der Waals surface area (Å²) in [6.45, 7) is 13.1. The zero-order valence-corrected chi connectivity index (χ0v) is 17.8. The van der Waals surface area contributed by atoms with Crippen molar-refractivity contribution in [2.45, 2.75) is 39.5 Å². The Morgan fingerprint density at radius 3 is 1.68 bits per heavy atom. The molecule has 1 unspecified atom stereocenters. The van der Waals surface area contributed by atoms with Crippen molar-refractivity contribution in [3.8, 4) is 0 Å². The molecule has 0 aliphatic carbocycles. The Kier molecular flexibility index (Phi) is 21.5. The number of rotatable bonds is 22. The number of ether oxygens (including phenoxy) is 6. The topological polar surface area (TPSA) is 72.5 Å². The summed E-state index contributed by atoms with van der Waals surface area (Å²) in [4.78, 5) is 11.9. The summed E-state index contributed by atoms with van der Waals surface area (Å²) in [5.41, 5.74) is 0. The molecule has 0 aromatic heterocycles. The van der Waals surface area contributed by atoms with E-state index in [4.69, 9.17) is 28.4 Å². The van der Waals surface area contributed by atoms with Gasteiger partial charge in [0.1, 0.15) is 6.61 Å². The van der Waals surface area contributed by atoms with Gasteiger partial charge in [-0.15, -0.1) is 6.58 Å². The van der Waals surface area contributed by atoms with Crippen molar-refractivity contribution >= 4 is 5.97 Å². The fraction of sp³-hybridized carbons (Fsp3) is 0.857. The first-order chi connectivity index (χ1) is 13.8. The standard InChI is InChI=1S/C21H40O7/c1-4-7-8-20(6-3)21(22)28-19-18-27-17-16-26-15-14-25-13-12-24-11-10-23-9-5-2/h5,20H,2,4,6-19H2,1,3H3. The zero-order chi connectivity index (χ0) is 20.7. The molecular weight excluding hydrogens is 364 g/mol. The molecule has 0 radical (unpaired) electrons. The van der Waals surface area contributed by atoms with Gasteiger partial charge in [-0.05, 0) is 12.8 Å². The van der Waals surface area contributed by atoms with Crippen molar-refractivity contribution < 1.29 is 33.2 Å². The van der Waals surface area contributed by atoms with Crippen LogP contribution in [0.15, 0.2) is 12.7 Å². The minimum Gasteiger partial charge on any atom is -0.463 e. The van der Waals surface area contributed by atoms with Crippen molar-refractivity contribution in [2.24, 2.45) is 5.92 Å². The highest BCUT2D eigenvalue weighted by molar-refractivity contribution is 5.72. The third-order valence-corrected chi connectivity index (χ3v) is 3.93. The smallest absolute Gasteiger partial charge is 0.308 e. The maximum atomic E-state index is 11.9. The first-order valence-corrected chi connectivity index (χ1v) is 10.4. The zero-order valence-electron chi connectivity index (χ0n) is 17.8. The van der Waals surface area contributed by atoms with E-state index in [1.54, 1.807) is 6.08 Å². The lowest BCUT2D eigenvalue weighted by Crippen LogP contribution is -2.20. The Balaban J connectivity index is 3.25. The van der Waals surface area contributed by atoms with Crippen LogP contribution in [0, 0.1) is 5.92 Å². The summed E-state index contributed by atoms with van der Waals surface area (Å²) < 4.78 is 32.0. The lowest BCUT2D eigenvalue weighted by atomic mass is 10.00. The van der Waals surface area contributed by atoms with E-state index in [0.29, 0.717) is 72.7 Å². The van der Waals surface area contributed by atoms with Crippen molar-refractivity contribution in [3.63, 3.8) is 0 Å². The molecule has 0 aromatic carbocycles. The van der Waals surface area contributed by atoms with E-state index in [2.05, 4.69) is 13.5 Å². The Morgan fingerprint density at radius 2 is 1.25 bits per heavy atom. The average Bonchev–Trinajstić information content (AvgIpc) is 2.70. The lowest BCUT2D eigenvalue weighted by molar-refractivity contribution is -0.150. The summed E-state index contributed by atoms with van der Waals surface area (Å²) in [5.74, 6) is -0.0968. The molecule has 0 saturated heterocycles. The largest absolute Gasteiger partial charge is 0.463 e. The molecule has 0 amide bonds. The molecule has 28 heavy (non-hydrogen) atoms. The van der Waals surface area contributed by atoms with Gasteiger partial charge in [0.2, 0.25) is 0 Å². The molecule has 0 saturated carbocycles. The lowest BCUT2D eigenvalue weighted by Gasteiger charge is -2.13. The fourth-order valence-electron chi connectivity index (χ4n) is 2.30. The monoisotopic (exact) mass is 404 g/mol. The van der Waals surface area contributed by atoms with Gasteiger partial charge in [-0.3, -0.25) is 4.79 Å². The van der Waals surface area contributed by atoms with Crippen LogP contribution in [0.3, 0.4) is 0 Å². The average molecular weight is 405 g/mol. The molecule has 1 atom stereocenters. The van der Waals surface area contributed by atoms with E-state index in [1.165, 1.54) is 0 Å². The summed E-state index contributed by atoms with van der Waals surface area (Å²) in [6, 6.07) is 0. The first kappa shape index (κ1) is 27.0. The Bertz CT molecular complexity index is 350. The molecule has 7 heteroatoms. The molecule has 0 aliphatic rings. The molecule has 0 aliphatic heterocycles. The second-order valence-electron chi connectivity index (χ2n) is 6.23. The summed E-state index contributed by atoms with van der Waals surface area (Å²) in [6.07, 6.45) is 5.59. The van der Waals surface area contributed by atoms with Crippen molar-refractivity contribution in [3.05, 3.63) is 12.7 Å². The van der Waals surface area contributed by atoms with Gasteiger partial charge in [0, 0.05) is 0 Å². The Morgan fingerprint density at radius 1 is 0.786 bits per heavy atom. The maximum Gasteiger partial charge on any atom is 0.308 e. The van der Waals surface area contributed by atoms with Gasteiger partial charge in [0.05, 0.1) is 72.0 Å². The first-order valence-electron chi connectivity index (χ1n) is 10.4. The number of carbonyl (C=O) groups is 1. The van der Waals surface area contributed by atoms with E-state index >= 15 is 0 Å². The SMILES string of the molecule is C=CCOCCOCCOCCOCCOCCOC(=O)C(CC)CCCC. The second kappa shape index (κ2) is 22.3. The second-order valence-corrected chi connectivity index (χ2v) is 6.23. The minimum atomic E-state index is -0.110. The van der Waals surface area contributed by atoms with Crippen LogP contribution < -0.4 is 0 Å². The Labute approximate surface area is 170 Å². The molecule has 0 rings (SSSR count). The number of carbonyl (C=O) groups excluding carboxylic acids is 1. The van der Waals surface area contributed by atoms with Crippen LogP contribution in [0.25, 0.3) is 0 Å². The molecule has 7 nitrogen and oxygen atoms in total. The summed E-state index contributed by atoms with van der Waals surface area (Å²) in [7, 11) is 0. The molecule has 166 valence electrons. The van der Waals surface area contributed by atoms with E-state index < -0.39 is 0 Å². The molecule has 0 bridgehead atoms. The number of unbranched alkanes of at least 4 members (excludes halogenated alkanes) is 1. The molecule has 0 N–H and O–H groups in total. The van der Waals surface area contributed by atoms with E-state index in [-0.39, 0.29) is 11.9 Å². The summed E-state index contributed by atoms with van der Waals surface area (Å²) >= 11 is 0. The van der Waals surface area contributed by atoms with Crippen molar-refractivity contribution in [2.75, 3.05) is 72.7 Å². The fourth-order valence-corrected chi connectivity index (χ4v) is 2.30. The van der Waals surface area contributed by atoms with E-state index in [0.717, 1.165) is 25.7 Å². The highest BCUT2D eigenvalue weighted by Crippen LogP contribution is 2.14. The highest BCUT2D eigenvalue weighted by Gasteiger charge is 2.16. The molecule has 0 spiro atoms. The molecule has 0 fully saturated rings. The van der Waals surface area contributed by atoms with Crippen LogP contribution in [-0.4, -0.2) is 78.6 Å². The normalized spacial score (nSPS) is 12.1. The number of hydrogen-bond donors (Lipinski definition) is 0. The number of esters is 1. The predicted octanol–water partition coefficient (Wildman–Crippen LogP) is 3.02. The highest BCUT2D eigenvalue weighted by atomic mass is 16.6. The van der Waals surface area contributed by atoms with Gasteiger partial charge in [0.15, 0.2) is 0 Å². The van der Waals surface area contributed by atoms with Crippen LogP contribution in [0.1, 0.15) is 39.5 Å². The van der Waals surface area contributed by atoms with Gasteiger partial charge in [-0.1, -0.05) is 32.8 Å². The predicted molar refractivity (Wildman–Crippen MR) is 109 cm³/mol. The molecule has 0 heterocycles. The molecule has 0 aromatic rings. The van der Waals surface area contributed by atoms with Gasteiger partial charge in [-0.25, -0.2) is 0 Å². The minimum absolute atomic E-state index is 0.0132. The third kappa shape index (κ3) is 18.4. The number of hydrogen-bond acceptors (Lipinski definition) is 7. The van der Waals surface area contributed by atoms with Crippen LogP contribution in [0.2, 0.25) is 0 Å². The van der Waals surface area contributed by atoms with Crippen LogP contribution in [0.4, 0.5) is 0 Å². The van der Waals surface area contributed by atoms with Crippen molar-refractivity contribution in [1.82, 2.24) is 0 Å². The van der Waals surface area contributed by atoms with Crippen molar-refractivity contribution in [1.29, 1.82) is 0 Å². The van der Waals surface area contributed by atoms with Gasteiger partial charge >= 0.3 is 5.97 Å². The Hall–Kier alpha value is -0.990. The van der Waals surface area contributed by atoms with Crippen LogP contribution >= 0.6 is 0 Å². The third-order valence-electron chi connectivity index (χ3n) is 3.93. The van der Waals surface area contributed by atoms with Gasteiger partial charge < -0.3 is 28.4 Å².